The number of hydrogen-bond donors (Lipinski definition) is 3. The molecule has 164 valence electrons. The van der Waals surface area contributed by atoms with Crippen LogP contribution in [-0.4, -0.2) is 31.1 Å². The molecule has 0 saturated carbocycles. The van der Waals surface area contributed by atoms with Crippen LogP contribution in [0, 0.1) is 5.41 Å². The third-order valence-corrected chi connectivity index (χ3v) is 4.34. The molecule has 0 fully saturated rings. The van der Waals surface area contributed by atoms with Gasteiger partial charge in [-0.05, 0) is 54.2 Å². The highest BCUT2D eigenvalue weighted by Crippen LogP contribution is 2.28. The van der Waals surface area contributed by atoms with Crippen molar-refractivity contribution in [2.75, 3.05) is 24.9 Å². The molecule has 3 N–H and O–H groups in total. The third-order valence-electron chi connectivity index (χ3n) is 4.13. The number of methoxy groups -OCH3 is 2. The van der Waals surface area contributed by atoms with E-state index in [-0.39, 0.29) is 16.9 Å². The highest BCUT2D eigenvalue weighted by molar-refractivity contribution is 7.80. The Morgan fingerprint density at radius 1 is 0.935 bits per heavy atom. The summed E-state index contributed by atoms with van der Waals surface area (Å²) in [7, 11) is 3.11. The van der Waals surface area contributed by atoms with Gasteiger partial charge in [0.15, 0.2) is 16.6 Å². The maximum atomic E-state index is 12.2. The largest absolute Gasteiger partial charge is 0.493 e. The quantitative estimate of drug-likeness (QED) is 0.460. The smallest absolute Gasteiger partial charge is 0.250 e. The number of anilines is 2. The van der Waals surface area contributed by atoms with Crippen molar-refractivity contribution in [2.45, 2.75) is 20.8 Å². The van der Waals surface area contributed by atoms with E-state index in [1.54, 1.807) is 62.8 Å². The first-order chi connectivity index (χ1) is 14.6. The van der Waals surface area contributed by atoms with E-state index in [9.17, 15) is 9.59 Å². The summed E-state index contributed by atoms with van der Waals surface area (Å²) in [6, 6.07) is 12.4. The highest BCUT2D eigenvalue weighted by Gasteiger charge is 2.21. The topological polar surface area (TPSA) is 88.7 Å². The van der Waals surface area contributed by atoms with E-state index in [1.165, 1.54) is 6.08 Å². The number of amides is 2. The van der Waals surface area contributed by atoms with Gasteiger partial charge in [0.2, 0.25) is 11.8 Å². The van der Waals surface area contributed by atoms with E-state index >= 15 is 0 Å². The Morgan fingerprint density at radius 2 is 1.58 bits per heavy atom. The number of ether oxygens (including phenoxy) is 2. The van der Waals surface area contributed by atoms with Gasteiger partial charge in [0.25, 0.3) is 0 Å². The molecular formula is C23H27N3O4S. The lowest BCUT2D eigenvalue weighted by molar-refractivity contribution is -0.123. The summed E-state index contributed by atoms with van der Waals surface area (Å²) >= 11 is 5.21. The molecule has 0 unspecified atom stereocenters. The van der Waals surface area contributed by atoms with Crippen molar-refractivity contribution in [1.29, 1.82) is 0 Å². The zero-order chi connectivity index (χ0) is 23.0. The van der Waals surface area contributed by atoms with Crippen molar-refractivity contribution < 1.29 is 19.1 Å². The summed E-state index contributed by atoms with van der Waals surface area (Å²) < 4.78 is 10.4. The zero-order valence-electron chi connectivity index (χ0n) is 18.2. The van der Waals surface area contributed by atoms with Crippen LogP contribution in [0.4, 0.5) is 11.4 Å². The average molecular weight is 442 g/mol. The number of benzene rings is 2. The van der Waals surface area contributed by atoms with Gasteiger partial charge in [-0.25, -0.2) is 0 Å². The lowest BCUT2D eigenvalue weighted by atomic mass is 9.95. The van der Waals surface area contributed by atoms with Crippen molar-refractivity contribution >= 4 is 46.6 Å². The molecule has 0 radical (unpaired) electrons. The zero-order valence-corrected chi connectivity index (χ0v) is 19.1. The third kappa shape index (κ3) is 7.42. The molecule has 0 aromatic heterocycles. The summed E-state index contributed by atoms with van der Waals surface area (Å²) in [5, 5.41) is 8.51. The van der Waals surface area contributed by atoms with Crippen LogP contribution in [-0.2, 0) is 9.59 Å². The van der Waals surface area contributed by atoms with Crippen LogP contribution >= 0.6 is 12.2 Å². The first kappa shape index (κ1) is 23.9. The molecule has 31 heavy (non-hydrogen) atoms. The van der Waals surface area contributed by atoms with Crippen molar-refractivity contribution in [3.63, 3.8) is 0 Å². The van der Waals surface area contributed by atoms with Crippen LogP contribution in [0.1, 0.15) is 26.3 Å². The minimum absolute atomic E-state index is 0.0965. The van der Waals surface area contributed by atoms with Gasteiger partial charge < -0.3 is 20.1 Å². The van der Waals surface area contributed by atoms with Gasteiger partial charge in [0.05, 0.1) is 14.2 Å². The molecule has 7 nitrogen and oxygen atoms in total. The molecular weight excluding hydrogens is 414 g/mol. The maximum Gasteiger partial charge on any atom is 0.250 e. The lowest BCUT2D eigenvalue weighted by Crippen LogP contribution is -2.32. The van der Waals surface area contributed by atoms with Crippen LogP contribution in [0.2, 0.25) is 0 Å². The van der Waals surface area contributed by atoms with Crippen molar-refractivity contribution in [1.82, 2.24) is 5.32 Å². The summed E-state index contributed by atoms with van der Waals surface area (Å²) in [5.41, 5.74) is 1.54. The second-order valence-corrected chi connectivity index (χ2v) is 8.08. The van der Waals surface area contributed by atoms with E-state index in [1.807, 2.05) is 20.8 Å². The summed E-state index contributed by atoms with van der Waals surface area (Å²) in [6.07, 6.45) is 3.01. The van der Waals surface area contributed by atoms with E-state index < -0.39 is 5.41 Å². The van der Waals surface area contributed by atoms with Crippen molar-refractivity contribution in [2.24, 2.45) is 5.41 Å². The van der Waals surface area contributed by atoms with Gasteiger partial charge in [-0.2, -0.15) is 0 Å². The van der Waals surface area contributed by atoms with Crippen molar-refractivity contribution in [3.8, 4) is 11.5 Å². The second kappa shape index (κ2) is 10.6. The minimum atomic E-state index is -0.507. The van der Waals surface area contributed by atoms with Crippen LogP contribution in [0.15, 0.2) is 48.5 Å². The Morgan fingerprint density at radius 3 is 2.19 bits per heavy atom. The SMILES string of the molecule is COc1ccc(/C=C/C(=O)NC(=S)Nc2cccc(NC(=O)C(C)(C)C)c2)cc1OC. The normalized spacial score (nSPS) is 11.0. The molecule has 0 aliphatic rings. The van der Waals surface area contributed by atoms with Gasteiger partial charge in [0, 0.05) is 22.9 Å². The summed E-state index contributed by atoms with van der Waals surface area (Å²) in [6.45, 7) is 5.51. The molecule has 0 bridgehead atoms. The van der Waals surface area contributed by atoms with Gasteiger partial charge in [-0.15, -0.1) is 0 Å². The molecule has 0 heterocycles. The second-order valence-electron chi connectivity index (χ2n) is 7.68. The fraction of sp³-hybridized carbons (Fsp3) is 0.261. The highest BCUT2D eigenvalue weighted by atomic mass is 32.1. The van der Waals surface area contributed by atoms with Gasteiger partial charge in [0.1, 0.15) is 0 Å². The molecule has 0 saturated heterocycles. The number of carbonyl (C=O) groups is 2. The van der Waals surface area contributed by atoms with Crippen LogP contribution < -0.4 is 25.4 Å². The number of carbonyl (C=O) groups excluding carboxylic acids is 2. The van der Waals surface area contributed by atoms with Gasteiger partial charge >= 0.3 is 0 Å². The Hall–Kier alpha value is -3.39. The Labute approximate surface area is 187 Å². The molecule has 2 rings (SSSR count). The predicted octanol–water partition coefficient (Wildman–Crippen LogP) is 4.21. The number of rotatable bonds is 6. The molecule has 0 aliphatic heterocycles. The number of nitrogens with one attached hydrogen (secondary N) is 3. The predicted molar refractivity (Wildman–Crippen MR) is 127 cm³/mol. The first-order valence-electron chi connectivity index (χ1n) is 9.56. The standard InChI is InChI=1S/C23H27N3O4S/c1-23(2,3)21(28)24-16-7-6-8-17(14-16)25-22(31)26-20(27)12-10-15-9-11-18(29-4)19(13-15)30-5/h6-14H,1-5H3,(H,24,28)(H2,25,26,27,31)/b12-10+. The molecule has 0 spiro atoms. The maximum absolute atomic E-state index is 12.2. The van der Waals surface area contributed by atoms with E-state index in [0.717, 1.165) is 5.56 Å². The first-order valence-corrected chi connectivity index (χ1v) is 9.97. The lowest BCUT2D eigenvalue weighted by Gasteiger charge is -2.18. The molecule has 8 heteroatoms. The average Bonchev–Trinajstić information content (AvgIpc) is 2.71. The van der Waals surface area contributed by atoms with E-state index in [4.69, 9.17) is 21.7 Å². The Kier molecular flexibility index (Phi) is 8.15. The molecule has 2 aromatic carbocycles. The van der Waals surface area contributed by atoms with E-state index in [2.05, 4.69) is 16.0 Å². The molecule has 0 aliphatic carbocycles. The van der Waals surface area contributed by atoms with E-state index in [0.29, 0.717) is 22.9 Å². The summed E-state index contributed by atoms with van der Waals surface area (Å²) in [4.78, 5) is 24.3. The molecule has 2 aromatic rings. The van der Waals surface area contributed by atoms with Gasteiger partial charge in [-0.3, -0.25) is 14.9 Å². The minimum Gasteiger partial charge on any atom is -0.493 e. The monoisotopic (exact) mass is 441 g/mol. The number of thiocarbonyl (C=S) groups is 1. The Bertz CT molecular complexity index is 997. The molecule has 0 atom stereocenters. The Balaban J connectivity index is 1.95. The fourth-order valence-corrected chi connectivity index (χ4v) is 2.66. The molecule has 2 amide bonds. The fourth-order valence-electron chi connectivity index (χ4n) is 2.44. The van der Waals surface area contributed by atoms with Crippen LogP contribution in [0.5, 0.6) is 11.5 Å². The number of hydrogen-bond acceptors (Lipinski definition) is 5. The van der Waals surface area contributed by atoms with Crippen LogP contribution in [0.25, 0.3) is 6.08 Å². The van der Waals surface area contributed by atoms with Crippen LogP contribution in [0.3, 0.4) is 0 Å². The summed E-state index contributed by atoms with van der Waals surface area (Å²) in [5.74, 6) is 0.696. The van der Waals surface area contributed by atoms with Gasteiger partial charge in [-0.1, -0.05) is 32.9 Å². The van der Waals surface area contributed by atoms with Crippen molar-refractivity contribution in [3.05, 3.63) is 54.1 Å².